The van der Waals surface area contributed by atoms with Crippen molar-refractivity contribution in [3.05, 3.63) is 18.0 Å². The molecular formula is C10H15FN4. The smallest absolute Gasteiger partial charge is 0.239 e. The molecule has 1 fully saturated rings. The van der Waals surface area contributed by atoms with E-state index in [0.29, 0.717) is 11.5 Å². The van der Waals surface area contributed by atoms with Crippen molar-refractivity contribution in [3.63, 3.8) is 0 Å². The predicted molar refractivity (Wildman–Crippen MR) is 56.4 cm³/mol. The molecule has 0 amide bonds. The first-order chi connectivity index (χ1) is 7.16. The number of nitrogens with zero attached hydrogens (tertiary/aromatic N) is 4. The molecule has 4 nitrogen and oxygen atoms in total. The third-order valence-electron chi connectivity index (χ3n) is 2.69. The summed E-state index contributed by atoms with van der Waals surface area (Å²) < 4.78 is 13.5. The van der Waals surface area contributed by atoms with E-state index in [1.165, 1.54) is 0 Å². The Morgan fingerprint density at radius 1 is 1.27 bits per heavy atom. The summed E-state index contributed by atoms with van der Waals surface area (Å²) in [6.45, 7) is 5.26. The zero-order valence-corrected chi connectivity index (χ0v) is 9.07. The monoisotopic (exact) mass is 210 g/mol. The molecule has 0 aliphatic carbocycles. The first-order valence-electron chi connectivity index (χ1n) is 5.09. The standard InChI is InChI=1S/C10H15FN4/c1-8-12-7-9(10(11)13-8)15-5-3-14(2)4-6-15/h7H,3-6H2,1-2H3. The number of anilines is 1. The number of hydrogen-bond acceptors (Lipinski definition) is 4. The van der Waals surface area contributed by atoms with Crippen LogP contribution < -0.4 is 4.90 Å². The lowest BCUT2D eigenvalue weighted by Crippen LogP contribution is -2.45. The van der Waals surface area contributed by atoms with Crippen LogP contribution in [0.5, 0.6) is 0 Å². The molecule has 1 aromatic rings. The molecule has 0 saturated carbocycles. The van der Waals surface area contributed by atoms with E-state index < -0.39 is 5.95 Å². The maximum Gasteiger partial charge on any atom is 0.239 e. The molecule has 0 aromatic carbocycles. The second-order valence-corrected chi connectivity index (χ2v) is 3.88. The maximum atomic E-state index is 13.5. The molecule has 0 atom stereocenters. The first-order valence-corrected chi connectivity index (χ1v) is 5.09. The van der Waals surface area contributed by atoms with Gasteiger partial charge in [-0.15, -0.1) is 0 Å². The van der Waals surface area contributed by atoms with Crippen molar-refractivity contribution in [2.24, 2.45) is 0 Å². The minimum absolute atomic E-state index is 0.410. The molecule has 1 aromatic heterocycles. The van der Waals surface area contributed by atoms with Crippen molar-refractivity contribution in [1.82, 2.24) is 14.9 Å². The Bertz CT molecular complexity index is 347. The van der Waals surface area contributed by atoms with Gasteiger partial charge in [0.2, 0.25) is 5.95 Å². The summed E-state index contributed by atoms with van der Waals surface area (Å²) in [6, 6.07) is 0. The van der Waals surface area contributed by atoms with Crippen molar-refractivity contribution in [2.45, 2.75) is 6.92 Å². The van der Waals surface area contributed by atoms with Crippen LogP contribution in [0.3, 0.4) is 0 Å². The highest BCUT2D eigenvalue weighted by atomic mass is 19.1. The zero-order chi connectivity index (χ0) is 10.8. The Labute approximate surface area is 88.7 Å². The van der Waals surface area contributed by atoms with Crippen LogP contribution in [0.15, 0.2) is 6.20 Å². The third kappa shape index (κ3) is 2.23. The van der Waals surface area contributed by atoms with E-state index in [1.807, 2.05) is 4.90 Å². The molecule has 5 heteroatoms. The lowest BCUT2D eigenvalue weighted by atomic mass is 10.3. The number of aryl methyl sites for hydroxylation is 1. The maximum absolute atomic E-state index is 13.5. The summed E-state index contributed by atoms with van der Waals surface area (Å²) in [7, 11) is 2.07. The van der Waals surface area contributed by atoms with E-state index in [9.17, 15) is 4.39 Å². The average molecular weight is 210 g/mol. The van der Waals surface area contributed by atoms with E-state index in [-0.39, 0.29) is 0 Å². The van der Waals surface area contributed by atoms with Gasteiger partial charge in [-0.05, 0) is 14.0 Å². The molecule has 0 radical (unpaired) electrons. The van der Waals surface area contributed by atoms with Gasteiger partial charge in [-0.2, -0.15) is 4.39 Å². The van der Waals surface area contributed by atoms with E-state index in [2.05, 4.69) is 21.9 Å². The minimum atomic E-state index is -0.410. The molecule has 2 rings (SSSR count). The van der Waals surface area contributed by atoms with Crippen LogP contribution in [0, 0.1) is 12.9 Å². The largest absolute Gasteiger partial charge is 0.364 e. The second-order valence-electron chi connectivity index (χ2n) is 3.88. The van der Waals surface area contributed by atoms with Gasteiger partial charge in [-0.3, -0.25) is 0 Å². The second kappa shape index (κ2) is 4.10. The fourth-order valence-electron chi connectivity index (χ4n) is 1.70. The number of rotatable bonds is 1. The van der Waals surface area contributed by atoms with Crippen LogP contribution in [-0.4, -0.2) is 48.1 Å². The van der Waals surface area contributed by atoms with Crippen molar-refractivity contribution in [3.8, 4) is 0 Å². The molecule has 1 aliphatic heterocycles. The van der Waals surface area contributed by atoms with Crippen molar-refractivity contribution in [2.75, 3.05) is 38.1 Å². The quantitative estimate of drug-likeness (QED) is 0.638. The summed E-state index contributed by atoms with van der Waals surface area (Å²) in [5.41, 5.74) is 0.522. The average Bonchev–Trinajstić information content (AvgIpc) is 2.20. The molecule has 1 saturated heterocycles. The number of hydrogen-bond donors (Lipinski definition) is 0. The number of aromatic nitrogens is 2. The van der Waals surface area contributed by atoms with Gasteiger partial charge in [0, 0.05) is 26.2 Å². The third-order valence-corrected chi connectivity index (χ3v) is 2.69. The van der Waals surface area contributed by atoms with Gasteiger partial charge >= 0.3 is 0 Å². The Kier molecular flexibility index (Phi) is 2.81. The molecule has 15 heavy (non-hydrogen) atoms. The van der Waals surface area contributed by atoms with Crippen LogP contribution in [0.25, 0.3) is 0 Å². The van der Waals surface area contributed by atoms with Crippen LogP contribution in [0.1, 0.15) is 5.82 Å². The van der Waals surface area contributed by atoms with Crippen LogP contribution in [0.4, 0.5) is 10.1 Å². The van der Waals surface area contributed by atoms with Gasteiger partial charge in [0.1, 0.15) is 11.5 Å². The fourth-order valence-corrected chi connectivity index (χ4v) is 1.70. The zero-order valence-electron chi connectivity index (χ0n) is 9.07. The Morgan fingerprint density at radius 2 is 1.93 bits per heavy atom. The van der Waals surface area contributed by atoms with E-state index in [0.717, 1.165) is 26.2 Å². The lowest BCUT2D eigenvalue weighted by molar-refractivity contribution is 0.311. The van der Waals surface area contributed by atoms with E-state index in [1.54, 1.807) is 13.1 Å². The highest BCUT2D eigenvalue weighted by Crippen LogP contribution is 2.17. The number of likely N-dealkylation sites (N-methyl/N-ethyl adjacent to an activating group) is 1. The highest BCUT2D eigenvalue weighted by molar-refractivity contribution is 5.43. The summed E-state index contributed by atoms with van der Waals surface area (Å²) in [4.78, 5) is 12.0. The minimum Gasteiger partial charge on any atom is -0.364 e. The SMILES string of the molecule is Cc1ncc(N2CCN(C)CC2)c(F)n1. The molecule has 0 bridgehead atoms. The van der Waals surface area contributed by atoms with Gasteiger partial charge in [0.15, 0.2) is 0 Å². The predicted octanol–water partition coefficient (Wildman–Crippen LogP) is 0.676. The summed E-state index contributed by atoms with van der Waals surface area (Å²) >= 11 is 0. The molecule has 2 heterocycles. The van der Waals surface area contributed by atoms with Gasteiger partial charge in [-0.25, -0.2) is 9.97 Å². The number of halogens is 1. The molecular weight excluding hydrogens is 195 g/mol. The number of piperazine rings is 1. The van der Waals surface area contributed by atoms with Crippen LogP contribution in [0.2, 0.25) is 0 Å². The molecule has 1 aliphatic rings. The molecule has 0 unspecified atom stereocenters. The highest BCUT2D eigenvalue weighted by Gasteiger charge is 2.18. The van der Waals surface area contributed by atoms with E-state index in [4.69, 9.17) is 0 Å². The molecule has 82 valence electrons. The Balaban J connectivity index is 2.15. The topological polar surface area (TPSA) is 32.3 Å². The first kappa shape index (κ1) is 10.3. The summed E-state index contributed by atoms with van der Waals surface area (Å²) in [5, 5.41) is 0. The summed E-state index contributed by atoms with van der Waals surface area (Å²) in [6.07, 6.45) is 1.57. The summed E-state index contributed by atoms with van der Waals surface area (Å²) in [5.74, 6) is 0.0671. The van der Waals surface area contributed by atoms with Crippen molar-refractivity contribution < 1.29 is 4.39 Å². The van der Waals surface area contributed by atoms with Gasteiger partial charge < -0.3 is 9.80 Å². The van der Waals surface area contributed by atoms with Crippen LogP contribution in [-0.2, 0) is 0 Å². The van der Waals surface area contributed by atoms with Crippen molar-refractivity contribution >= 4 is 5.69 Å². The van der Waals surface area contributed by atoms with Crippen LogP contribution >= 0.6 is 0 Å². The van der Waals surface area contributed by atoms with Gasteiger partial charge in [-0.1, -0.05) is 0 Å². The Morgan fingerprint density at radius 3 is 2.53 bits per heavy atom. The van der Waals surface area contributed by atoms with Gasteiger partial charge in [0.05, 0.1) is 6.20 Å². The lowest BCUT2D eigenvalue weighted by Gasteiger charge is -2.33. The van der Waals surface area contributed by atoms with E-state index >= 15 is 0 Å². The van der Waals surface area contributed by atoms with Gasteiger partial charge in [0.25, 0.3) is 0 Å². The van der Waals surface area contributed by atoms with Crippen molar-refractivity contribution in [1.29, 1.82) is 0 Å². The normalized spacial score (nSPS) is 18.2. The Hall–Kier alpha value is -1.23. The fraction of sp³-hybridized carbons (Fsp3) is 0.600. The molecule has 0 spiro atoms. The molecule has 0 N–H and O–H groups in total.